The fraction of sp³-hybridized carbons (Fsp3) is 0. The molecular weight excluding hydrogens is 155 g/mol. The topological polar surface area (TPSA) is 121 Å². The number of aromatic nitrogens is 2. The number of anilines is 1. The minimum atomic E-state index is -0.888. The summed E-state index contributed by atoms with van der Waals surface area (Å²) in [6, 6.07) is 0. The van der Waals surface area contributed by atoms with Crippen LogP contribution in [0.3, 0.4) is 0 Å². The van der Waals surface area contributed by atoms with Gasteiger partial charge in [0.15, 0.2) is 0 Å². The number of H-pyrrole nitrogens is 2. The van der Waals surface area contributed by atoms with E-state index in [9.17, 15) is 14.5 Å². The quantitative estimate of drug-likeness (QED) is 0.457. The van der Waals surface area contributed by atoms with Crippen molar-refractivity contribution in [3.8, 4) is 0 Å². The molecule has 0 aliphatic heterocycles. The van der Waals surface area contributed by atoms with Gasteiger partial charge in [-0.3, -0.25) is 14.8 Å². The smallest absolute Gasteiger partial charge is 0.327 e. The number of rotatable bonds is 1. The van der Waals surface area contributed by atoms with Crippen molar-refractivity contribution in [2.45, 2.75) is 0 Å². The maximum absolute atomic E-state index is 10.6. The highest BCUT2D eigenvalue weighted by Gasteiger charge is 2.04. The van der Waals surface area contributed by atoms with Crippen molar-refractivity contribution in [2.24, 2.45) is 5.18 Å². The van der Waals surface area contributed by atoms with Gasteiger partial charge in [0.25, 0.3) is 5.56 Å². The first kappa shape index (κ1) is 7.19. The number of hydrogen-bond acceptors (Lipinski definition) is 5. The standard InChI is InChI=1S/C4H4N4O3/c5-2-1(8-11)3(9)7-4(10)6-2/h(H4,5,6,7,9,10)/i4+1,6+1,7+1. The first-order valence-electron chi connectivity index (χ1n) is 2.60. The molecule has 0 spiro atoms. The zero-order valence-electron chi connectivity index (χ0n) is 5.25. The van der Waals surface area contributed by atoms with Crippen molar-refractivity contribution in [1.82, 2.24) is 9.97 Å². The predicted octanol–water partition coefficient (Wildman–Crippen LogP) is -0.957. The molecule has 1 heterocycles. The van der Waals surface area contributed by atoms with Crippen LogP contribution in [0.15, 0.2) is 14.8 Å². The van der Waals surface area contributed by atoms with Crippen molar-refractivity contribution < 1.29 is 0 Å². The third-order valence-corrected chi connectivity index (χ3v) is 1.04. The van der Waals surface area contributed by atoms with E-state index in [1.54, 1.807) is 4.98 Å². The molecule has 0 bridgehead atoms. The Morgan fingerprint density at radius 2 is 1.91 bits per heavy atom. The lowest BCUT2D eigenvalue weighted by Crippen LogP contribution is -2.23. The van der Waals surface area contributed by atoms with Crippen LogP contribution in [-0.2, 0) is 0 Å². The van der Waals surface area contributed by atoms with E-state index < -0.39 is 16.9 Å². The SMILES string of the molecule is Nc1[15nH][13c](=O)[15nH]c(=O)c1N=O. The lowest BCUT2D eigenvalue weighted by Gasteiger charge is -1.91. The summed E-state index contributed by atoms with van der Waals surface area (Å²) in [5.74, 6) is -0.325. The molecule has 0 atom stereocenters. The molecule has 0 aliphatic carbocycles. The summed E-state index contributed by atoms with van der Waals surface area (Å²) in [6.07, 6.45) is 0. The number of aromatic amines is 2. The van der Waals surface area contributed by atoms with E-state index in [-0.39, 0.29) is 5.82 Å². The third-order valence-electron chi connectivity index (χ3n) is 1.04. The Balaban J connectivity index is 3.62. The summed E-state index contributed by atoms with van der Waals surface area (Å²) in [7, 11) is 0. The number of nitrogen functional groups attached to an aromatic ring is 1. The van der Waals surface area contributed by atoms with Crippen LogP contribution in [0.5, 0.6) is 0 Å². The van der Waals surface area contributed by atoms with E-state index in [4.69, 9.17) is 5.73 Å². The molecule has 0 saturated carbocycles. The fourth-order valence-electron chi connectivity index (χ4n) is 0.588. The Morgan fingerprint density at radius 1 is 1.27 bits per heavy atom. The Bertz CT molecular complexity index is 389. The molecule has 0 radical (unpaired) electrons. The van der Waals surface area contributed by atoms with E-state index in [0.717, 1.165) is 0 Å². The monoisotopic (exact) mass is 159 g/mol. The lowest BCUT2D eigenvalue weighted by atomic mass is 10.5. The average molecular weight is 159 g/mol. The Kier molecular flexibility index (Phi) is 1.55. The zero-order valence-corrected chi connectivity index (χ0v) is 5.25. The van der Waals surface area contributed by atoms with Crippen molar-refractivity contribution >= 4 is 11.5 Å². The molecule has 7 nitrogen and oxygen atoms in total. The van der Waals surface area contributed by atoms with E-state index in [2.05, 4.69) is 5.18 Å². The lowest BCUT2D eigenvalue weighted by molar-refractivity contribution is 1.04. The molecule has 0 amide bonds. The molecule has 11 heavy (non-hydrogen) atoms. The van der Waals surface area contributed by atoms with Gasteiger partial charge in [-0.2, -0.15) is 0 Å². The van der Waals surface area contributed by atoms with Gasteiger partial charge in [0, 0.05) is 0 Å². The van der Waals surface area contributed by atoms with Gasteiger partial charge >= 0.3 is 5.69 Å². The van der Waals surface area contributed by atoms with Gasteiger partial charge < -0.3 is 5.73 Å². The summed E-state index contributed by atoms with van der Waals surface area (Å²) in [4.78, 5) is 34.8. The third kappa shape index (κ3) is 1.16. The number of nitrogens with one attached hydrogen (secondary N) is 2. The first-order valence-corrected chi connectivity index (χ1v) is 2.60. The number of nitrogens with two attached hydrogens (primary N) is 1. The highest BCUT2D eigenvalue weighted by Crippen LogP contribution is 2.07. The van der Waals surface area contributed by atoms with Crippen LogP contribution in [0.1, 0.15) is 0 Å². The van der Waals surface area contributed by atoms with E-state index >= 15 is 0 Å². The van der Waals surface area contributed by atoms with Crippen LogP contribution in [0, 0.1) is 4.91 Å². The molecule has 1 aromatic rings. The molecule has 58 valence electrons. The molecule has 1 rings (SSSR count). The van der Waals surface area contributed by atoms with E-state index in [1.165, 1.54) is 0 Å². The number of nitroso groups, excluding NO2 is 1. The molecule has 4 N–H and O–H groups in total. The van der Waals surface area contributed by atoms with Crippen molar-refractivity contribution in [1.29, 1.82) is 0 Å². The highest BCUT2D eigenvalue weighted by atomic mass is 16.3. The van der Waals surface area contributed by atoms with Crippen LogP contribution < -0.4 is 17.0 Å². The maximum Gasteiger partial charge on any atom is 0.327 e. The summed E-state index contributed by atoms with van der Waals surface area (Å²) in [5.41, 5.74) is 2.90. The van der Waals surface area contributed by atoms with Crippen molar-refractivity contribution in [2.75, 3.05) is 5.73 Å². The van der Waals surface area contributed by atoms with Crippen LogP contribution in [0.2, 0.25) is 0 Å². The minimum Gasteiger partial charge on any atom is -0.383 e. The Hall–Kier alpha value is -1.92. The number of hydrogen-bond donors (Lipinski definition) is 3. The van der Waals surface area contributed by atoms with Crippen LogP contribution >= 0.6 is 0 Å². The Labute approximate surface area is 59.2 Å². The summed E-state index contributed by atoms with van der Waals surface area (Å²) < 4.78 is 0. The highest BCUT2D eigenvalue weighted by molar-refractivity contribution is 5.54. The molecule has 7 heteroatoms. The fourth-order valence-corrected chi connectivity index (χ4v) is 0.588. The summed E-state index contributed by atoms with van der Waals surface area (Å²) >= 11 is 0. The molecule has 0 saturated heterocycles. The van der Waals surface area contributed by atoms with Crippen molar-refractivity contribution in [3.05, 3.63) is 25.7 Å². The Morgan fingerprint density at radius 3 is 2.36 bits per heavy atom. The minimum absolute atomic E-state index is 0.325. The second-order valence-electron chi connectivity index (χ2n) is 1.76. The van der Waals surface area contributed by atoms with Gasteiger partial charge in [0.2, 0.25) is 5.69 Å². The summed E-state index contributed by atoms with van der Waals surface area (Å²) in [5, 5.41) is 2.32. The van der Waals surface area contributed by atoms with Crippen LogP contribution in [0.25, 0.3) is 0 Å². The predicted molar refractivity (Wildman–Crippen MR) is 37.6 cm³/mol. The summed E-state index contributed by atoms with van der Waals surface area (Å²) in [6.45, 7) is 0. The largest absolute Gasteiger partial charge is 0.383 e. The second kappa shape index (κ2) is 2.37. The van der Waals surface area contributed by atoms with Gasteiger partial charge in [0.05, 0.1) is 0 Å². The molecular formula is C4H4N4O3. The molecule has 0 aromatic carbocycles. The molecule has 1 aromatic heterocycles. The molecule has 0 fully saturated rings. The van der Waals surface area contributed by atoms with Crippen LogP contribution in [0.4, 0.5) is 11.5 Å². The molecule has 0 unspecified atom stereocenters. The van der Waals surface area contributed by atoms with Gasteiger partial charge in [-0.15, -0.1) is 4.91 Å². The normalized spacial score (nSPS) is 9.45. The average Bonchev–Trinajstić information content (AvgIpc) is 1.85. The maximum atomic E-state index is 10.6. The van der Waals surface area contributed by atoms with E-state index in [0.29, 0.717) is 0 Å². The van der Waals surface area contributed by atoms with Gasteiger partial charge in [-0.25, -0.2) is 4.79 Å². The van der Waals surface area contributed by atoms with Crippen molar-refractivity contribution in [3.63, 3.8) is 0 Å². The van der Waals surface area contributed by atoms with Gasteiger partial charge in [-0.05, 0) is 5.18 Å². The first-order chi connectivity index (χ1) is 5.15. The molecule has 0 aliphatic rings. The van der Waals surface area contributed by atoms with E-state index in [1.807, 2.05) is 4.98 Å². The van der Waals surface area contributed by atoms with Gasteiger partial charge in [-0.1, -0.05) is 0 Å². The van der Waals surface area contributed by atoms with Gasteiger partial charge in [0.1, 0.15) is 5.82 Å². The van der Waals surface area contributed by atoms with Crippen LogP contribution in [-0.4, -0.2) is 9.97 Å². The number of nitrogens with zero attached hydrogens (tertiary/aromatic N) is 1. The second-order valence-corrected chi connectivity index (χ2v) is 1.76. The zero-order chi connectivity index (χ0) is 8.43.